The fraction of sp³-hybridized carbons (Fsp3) is 0.357. The van der Waals surface area contributed by atoms with E-state index < -0.39 is 0 Å². The molecule has 2 aromatic rings. The van der Waals surface area contributed by atoms with Crippen LogP contribution >= 0.6 is 15.9 Å². The lowest BCUT2D eigenvalue weighted by atomic mass is 10.0. The monoisotopic (exact) mass is 308 g/mol. The first-order chi connectivity index (χ1) is 8.49. The third-order valence-electron chi connectivity index (χ3n) is 2.98. The summed E-state index contributed by atoms with van der Waals surface area (Å²) in [5.74, 6) is 1.06. The maximum atomic E-state index is 6.05. The normalized spacial score (nSPS) is 13.0. The molecule has 0 saturated heterocycles. The van der Waals surface area contributed by atoms with E-state index in [1.807, 2.05) is 12.1 Å². The fourth-order valence-electron chi connectivity index (χ4n) is 1.73. The summed E-state index contributed by atoms with van der Waals surface area (Å²) in [6, 6.07) is 7.95. The molecule has 0 aliphatic heterocycles. The lowest BCUT2D eigenvalue weighted by Gasteiger charge is -2.10. The van der Waals surface area contributed by atoms with Gasteiger partial charge < -0.3 is 10.3 Å². The molecule has 1 heterocycles. The highest BCUT2D eigenvalue weighted by Crippen LogP contribution is 2.30. The molecule has 0 bridgehead atoms. The Morgan fingerprint density at radius 3 is 2.61 bits per heavy atom. The van der Waals surface area contributed by atoms with E-state index in [0.29, 0.717) is 5.92 Å². The van der Waals surface area contributed by atoms with Crippen molar-refractivity contribution in [1.82, 2.24) is 5.16 Å². The molecule has 4 heteroatoms. The van der Waals surface area contributed by atoms with Crippen molar-refractivity contribution in [3.63, 3.8) is 0 Å². The molecule has 1 unspecified atom stereocenters. The van der Waals surface area contributed by atoms with Gasteiger partial charge in [0.25, 0.3) is 0 Å². The minimum atomic E-state index is -0.115. The third-order valence-corrected chi connectivity index (χ3v) is 3.63. The minimum Gasteiger partial charge on any atom is -0.359 e. The molecule has 0 aliphatic carbocycles. The Bertz CT molecular complexity index is 548. The van der Waals surface area contributed by atoms with Gasteiger partial charge in [-0.3, -0.25) is 0 Å². The number of benzene rings is 1. The number of hydrogen-bond donors (Lipinski definition) is 1. The Labute approximate surface area is 115 Å². The van der Waals surface area contributed by atoms with Crippen molar-refractivity contribution in [2.24, 2.45) is 11.7 Å². The number of nitrogens with two attached hydrogens (primary N) is 1. The first-order valence-electron chi connectivity index (χ1n) is 5.97. The molecule has 0 spiro atoms. The van der Waals surface area contributed by atoms with Crippen molar-refractivity contribution >= 4 is 15.9 Å². The van der Waals surface area contributed by atoms with E-state index in [1.165, 1.54) is 5.56 Å². The zero-order chi connectivity index (χ0) is 13.3. The summed E-state index contributed by atoms with van der Waals surface area (Å²) < 4.78 is 6.35. The van der Waals surface area contributed by atoms with Crippen LogP contribution < -0.4 is 5.73 Å². The summed E-state index contributed by atoms with van der Waals surface area (Å²) in [5.41, 5.74) is 9.08. The van der Waals surface area contributed by atoms with Crippen LogP contribution in [0.2, 0.25) is 0 Å². The van der Waals surface area contributed by atoms with Gasteiger partial charge in [-0.05, 0) is 24.5 Å². The summed E-state index contributed by atoms with van der Waals surface area (Å²) in [4.78, 5) is 0. The van der Waals surface area contributed by atoms with Gasteiger partial charge >= 0.3 is 0 Å². The van der Waals surface area contributed by atoms with Gasteiger partial charge in [-0.2, -0.15) is 0 Å². The van der Waals surface area contributed by atoms with Crippen LogP contribution in [0.4, 0.5) is 0 Å². The molecule has 0 amide bonds. The molecular weight excluding hydrogens is 292 g/mol. The topological polar surface area (TPSA) is 52.0 Å². The van der Waals surface area contributed by atoms with Crippen molar-refractivity contribution in [3.8, 4) is 11.3 Å². The van der Waals surface area contributed by atoms with Crippen LogP contribution in [0.25, 0.3) is 11.3 Å². The number of aromatic nitrogens is 1. The van der Waals surface area contributed by atoms with Crippen LogP contribution in [0.15, 0.2) is 33.3 Å². The van der Waals surface area contributed by atoms with E-state index in [0.717, 1.165) is 21.5 Å². The van der Waals surface area contributed by atoms with E-state index in [-0.39, 0.29) is 6.04 Å². The molecule has 2 rings (SSSR count). The van der Waals surface area contributed by atoms with Gasteiger partial charge in [0.05, 0.1) is 6.04 Å². The number of nitrogens with zero attached hydrogens (tertiary/aromatic N) is 1. The second-order valence-electron chi connectivity index (χ2n) is 4.87. The molecule has 2 N–H and O–H groups in total. The van der Waals surface area contributed by atoms with Crippen molar-refractivity contribution < 1.29 is 4.52 Å². The molecule has 96 valence electrons. The lowest BCUT2D eigenvalue weighted by Crippen LogP contribution is -2.15. The Hall–Kier alpha value is -1.13. The molecule has 0 fully saturated rings. The molecule has 0 aliphatic rings. The highest BCUT2D eigenvalue weighted by Gasteiger charge is 2.17. The zero-order valence-corrected chi connectivity index (χ0v) is 12.4. The van der Waals surface area contributed by atoms with Crippen LogP contribution in [0, 0.1) is 12.8 Å². The van der Waals surface area contributed by atoms with Crippen LogP contribution in [-0.4, -0.2) is 5.16 Å². The van der Waals surface area contributed by atoms with Crippen LogP contribution in [0.3, 0.4) is 0 Å². The average molecular weight is 309 g/mol. The average Bonchev–Trinajstić information content (AvgIpc) is 2.77. The number of rotatable bonds is 3. The Morgan fingerprint density at radius 1 is 1.28 bits per heavy atom. The predicted octanol–water partition coefficient (Wildman–Crippen LogP) is 4.07. The summed E-state index contributed by atoms with van der Waals surface area (Å²) in [6.07, 6.45) is 0. The Balaban J connectivity index is 2.35. The van der Waals surface area contributed by atoms with Gasteiger partial charge in [0.2, 0.25) is 0 Å². The van der Waals surface area contributed by atoms with Gasteiger partial charge in [-0.25, -0.2) is 0 Å². The number of aryl methyl sites for hydroxylation is 1. The van der Waals surface area contributed by atoms with Gasteiger partial charge in [-0.15, -0.1) is 0 Å². The maximum Gasteiger partial charge on any atom is 0.154 e. The van der Waals surface area contributed by atoms with Crippen molar-refractivity contribution in [2.45, 2.75) is 26.8 Å². The number of hydrogen-bond acceptors (Lipinski definition) is 3. The summed E-state index contributed by atoms with van der Waals surface area (Å²) >= 11 is 3.55. The Kier molecular flexibility index (Phi) is 3.88. The summed E-state index contributed by atoms with van der Waals surface area (Å²) in [7, 11) is 0. The largest absolute Gasteiger partial charge is 0.359 e. The summed E-state index contributed by atoms with van der Waals surface area (Å²) in [6.45, 7) is 6.18. The fourth-order valence-corrected chi connectivity index (χ4v) is 2.43. The van der Waals surface area contributed by atoms with Crippen LogP contribution in [0.1, 0.15) is 31.2 Å². The smallest absolute Gasteiger partial charge is 0.154 e. The molecule has 3 nitrogen and oxygen atoms in total. The summed E-state index contributed by atoms with van der Waals surface area (Å²) in [5, 5.41) is 4.10. The molecule has 1 atom stereocenters. The SMILES string of the molecule is Cc1ccc(-c2cc(C(N)C(C)C)on2)c(Br)c1. The molecule has 18 heavy (non-hydrogen) atoms. The molecular formula is C14H17BrN2O. The van der Waals surface area contributed by atoms with Crippen molar-refractivity contribution in [1.29, 1.82) is 0 Å². The Morgan fingerprint density at radius 2 is 2.00 bits per heavy atom. The molecule has 0 saturated carbocycles. The quantitative estimate of drug-likeness (QED) is 0.930. The molecule has 0 radical (unpaired) electrons. The van der Waals surface area contributed by atoms with Crippen molar-refractivity contribution in [3.05, 3.63) is 40.1 Å². The molecule has 1 aromatic heterocycles. The van der Waals surface area contributed by atoms with Crippen molar-refractivity contribution in [2.75, 3.05) is 0 Å². The third kappa shape index (κ3) is 2.65. The molecule has 1 aromatic carbocycles. The van der Waals surface area contributed by atoms with Gasteiger partial charge in [0.1, 0.15) is 5.69 Å². The van der Waals surface area contributed by atoms with E-state index in [2.05, 4.69) is 54.0 Å². The second-order valence-corrected chi connectivity index (χ2v) is 5.72. The van der Waals surface area contributed by atoms with Gasteiger partial charge in [0, 0.05) is 16.1 Å². The predicted molar refractivity (Wildman–Crippen MR) is 76.1 cm³/mol. The van der Waals surface area contributed by atoms with Crippen LogP contribution in [0.5, 0.6) is 0 Å². The highest BCUT2D eigenvalue weighted by molar-refractivity contribution is 9.10. The standard InChI is InChI=1S/C14H17BrN2O/c1-8(2)14(16)13-7-12(17-18-13)10-5-4-9(3)6-11(10)15/h4-8,14H,16H2,1-3H3. The van der Waals surface area contributed by atoms with E-state index in [4.69, 9.17) is 10.3 Å². The van der Waals surface area contributed by atoms with Crippen LogP contribution in [-0.2, 0) is 0 Å². The van der Waals surface area contributed by atoms with Gasteiger partial charge in [0.15, 0.2) is 5.76 Å². The first kappa shape index (κ1) is 13.3. The van der Waals surface area contributed by atoms with E-state index in [9.17, 15) is 0 Å². The van der Waals surface area contributed by atoms with Gasteiger partial charge in [-0.1, -0.05) is 47.1 Å². The van der Waals surface area contributed by atoms with E-state index in [1.54, 1.807) is 0 Å². The van der Waals surface area contributed by atoms with E-state index >= 15 is 0 Å². The maximum absolute atomic E-state index is 6.05. The zero-order valence-electron chi connectivity index (χ0n) is 10.8. The second kappa shape index (κ2) is 5.24. The lowest BCUT2D eigenvalue weighted by molar-refractivity contribution is 0.333. The first-order valence-corrected chi connectivity index (χ1v) is 6.77. The number of halogens is 1. The minimum absolute atomic E-state index is 0.115. The highest BCUT2D eigenvalue weighted by atomic mass is 79.9.